The fraction of sp³-hybridized carbons (Fsp3) is 0.375. The summed E-state index contributed by atoms with van der Waals surface area (Å²) in [6.07, 6.45) is 0.751. The van der Waals surface area contributed by atoms with Crippen molar-refractivity contribution >= 4 is 23.9 Å². The van der Waals surface area contributed by atoms with Crippen LogP contribution in [0.2, 0.25) is 0 Å². The molecule has 3 N–H and O–H groups in total. The lowest BCUT2D eigenvalue weighted by Crippen LogP contribution is -2.36. The van der Waals surface area contributed by atoms with Crippen LogP contribution in [0.25, 0.3) is 0 Å². The number of halogens is 1. The average Bonchev–Trinajstić information content (AvgIpc) is 2.71. The van der Waals surface area contributed by atoms with Gasteiger partial charge in [-0.1, -0.05) is 39.8 Å². The van der Waals surface area contributed by atoms with Gasteiger partial charge in [-0.05, 0) is 53.0 Å². The molecule has 2 aromatic rings. The first kappa shape index (κ1) is 22.6. The highest BCUT2D eigenvalue weighted by atomic mass is 19.1. The number of carboxylic acid groups (broad SMARTS) is 1. The van der Waals surface area contributed by atoms with E-state index in [1.165, 1.54) is 0 Å². The molecule has 1 aliphatic rings. The van der Waals surface area contributed by atoms with Crippen molar-refractivity contribution in [3.8, 4) is 0 Å². The lowest BCUT2D eigenvalue weighted by atomic mass is 9.61. The van der Waals surface area contributed by atoms with Gasteiger partial charge in [0.15, 0.2) is 12.4 Å². The molecule has 0 fully saturated rings. The number of benzene rings is 2. The quantitative estimate of drug-likeness (QED) is 0.615. The third-order valence-electron chi connectivity index (χ3n) is 6.19. The molecule has 0 bridgehead atoms. The number of aliphatic hydroxyl groups is 1. The van der Waals surface area contributed by atoms with Crippen molar-refractivity contribution in [1.29, 1.82) is 0 Å². The van der Waals surface area contributed by atoms with Gasteiger partial charge >= 0.3 is 5.97 Å². The predicted octanol–water partition coefficient (Wildman–Crippen LogP) is 4.36. The second kappa shape index (κ2) is 7.89. The van der Waals surface area contributed by atoms with Crippen LogP contribution in [0.4, 0.5) is 10.1 Å². The summed E-state index contributed by atoms with van der Waals surface area (Å²) in [4.78, 5) is 35.7. The first-order valence-electron chi connectivity index (χ1n) is 10.0. The summed E-state index contributed by atoms with van der Waals surface area (Å²) in [6.45, 7) is 8.26. The van der Waals surface area contributed by atoms with Crippen LogP contribution in [-0.2, 0) is 15.6 Å². The normalized spacial score (nSPS) is 17.4. The van der Waals surface area contributed by atoms with Crippen LogP contribution in [0.15, 0.2) is 30.3 Å². The van der Waals surface area contributed by atoms with E-state index in [4.69, 9.17) is 5.11 Å². The Morgan fingerprint density at radius 2 is 1.74 bits per heavy atom. The minimum Gasteiger partial charge on any atom is -0.478 e. The summed E-state index contributed by atoms with van der Waals surface area (Å²) in [5.41, 5.74) is 1.27. The van der Waals surface area contributed by atoms with Crippen LogP contribution >= 0.6 is 0 Å². The Morgan fingerprint density at radius 1 is 1.10 bits per heavy atom. The summed E-state index contributed by atoms with van der Waals surface area (Å²) in [5.74, 6) is -3.16. The number of rotatable bonds is 5. The number of anilines is 1. The van der Waals surface area contributed by atoms with Crippen molar-refractivity contribution in [2.75, 3.05) is 5.32 Å². The molecule has 0 saturated carbocycles. The highest BCUT2D eigenvalue weighted by Gasteiger charge is 2.40. The first-order chi connectivity index (χ1) is 14.4. The zero-order valence-corrected chi connectivity index (χ0v) is 18.0. The summed E-state index contributed by atoms with van der Waals surface area (Å²) < 4.78 is 14.2. The van der Waals surface area contributed by atoms with Gasteiger partial charge in [0.05, 0.1) is 11.3 Å². The van der Waals surface area contributed by atoms with E-state index >= 15 is 0 Å². The highest BCUT2D eigenvalue weighted by Crippen LogP contribution is 2.48. The number of hydrogen-bond donors (Lipinski definition) is 3. The van der Waals surface area contributed by atoms with Gasteiger partial charge in [0.1, 0.15) is 5.82 Å². The van der Waals surface area contributed by atoms with Crippen LogP contribution in [-0.4, -0.2) is 28.4 Å². The van der Waals surface area contributed by atoms with Crippen LogP contribution in [0, 0.1) is 5.82 Å². The number of hydrogen-bond acceptors (Lipinski definition) is 4. The van der Waals surface area contributed by atoms with Gasteiger partial charge in [-0.25, -0.2) is 9.18 Å². The molecular weight excluding hydrogens is 401 g/mol. The summed E-state index contributed by atoms with van der Waals surface area (Å²) in [5, 5.41) is 21.9. The van der Waals surface area contributed by atoms with Crippen molar-refractivity contribution < 1.29 is 29.0 Å². The van der Waals surface area contributed by atoms with E-state index in [9.17, 15) is 23.9 Å². The minimum atomic E-state index is -1.70. The Bertz CT molecular complexity index is 1070. The van der Waals surface area contributed by atoms with Crippen LogP contribution in [0.1, 0.15) is 84.0 Å². The zero-order chi connectivity index (χ0) is 23.1. The Balaban J connectivity index is 1.99. The monoisotopic (exact) mass is 427 g/mol. The minimum absolute atomic E-state index is 0.149. The van der Waals surface area contributed by atoms with E-state index < -0.39 is 23.8 Å². The topological polar surface area (TPSA) is 104 Å². The Hall–Kier alpha value is -3.06. The Morgan fingerprint density at radius 3 is 2.32 bits per heavy atom. The summed E-state index contributed by atoms with van der Waals surface area (Å²) >= 11 is 0. The molecule has 0 aromatic heterocycles. The summed E-state index contributed by atoms with van der Waals surface area (Å²) in [7, 11) is 0. The van der Waals surface area contributed by atoms with E-state index in [1.807, 2.05) is 19.9 Å². The number of carbonyl (C=O) groups is 3. The molecule has 1 amide bonds. The average molecular weight is 427 g/mol. The Labute approximate surface area is 180 Å². The molecule has 6 nitrogen and oxygen atoms in total. The molecular formula is C24H26FNO5. The molecule has 1 aliphatic carbocycles. The number of aliphatic hydroxyl groups excluding tert-OH is 1. The van der Waals surface area contributed by atoms with Gasteiger partial charge < -0.3 is 15.5 Å². The van der Waals surface area contributed by atoms with Crippen LogP contribution in [0.3, 0.4) is 0 Å². The van der Waals surface area contributed by atoms with Gasteiger partial charge in [0.2, 0.25) is 0 Å². The largest absolute Gasteiger partial charge is 0.478 e. The zero-order valence-electron chi connectivity index (χ0n) is 18.0. The van der Waals surface area contributed by atoms with Gasteiger partial charge in [-0.3, -0.25) is 9.59 Å². The number of aldehydes is 1. The molecule has 1 unspecified atom stereocenters. The highest BCUT2D eigenvalue weighted by molar-refractivity contribution is 5.97. The molecule has 0 aliphatic heterocycles. The van der Waals surface area contributed by atoms with Gasteiger partial charge in [0.25, 0.3) is 5.91 Å². The molecule has 0 spiro atoms. The number of amides is 1. The SMILES string of the molecule is CC1(C)CCC(C)(C)c2c1ccc(C(O)C(=O)Nc1ccc(C(=O)O)cc1F)c2C=O. The van der Waals surface area contributed by atoms with Crippen LogP contribution < -0.4 is 5.32 Å². The molecule has 0 heterocycles. The molecule has 0 radical (unpaired) electrons. The molecule has 0 saturated heterocycles. The van der Waals surface area contributed by atoms with E-state index in [2.05, 4.69) is 19.2 Å². The smallest absolute Gasteiger partial charge is 0.335 e. The lowest BCUT2D eigenvalue weighted by molar-refractivity contribution is -0.124. The molecule has 1 atom stereocenters. The van der Waals surface area contributed by atoms with E-state index in [-0.39, 0.29) is 33.2 Å². The molecule has 2 aromatic carbocycles. The standard InChI is InChI=1S/C24H26FNO5/c1-23(2)9-10-24(3,4)19-15(12-27)14(6-7-16(19)23)20(28)21(29)26-18-8-5-13(22(30)31)11-17(18)25/h5-8,11-12,20,28H,9-10H2,1-4H3,(H,26,29)(H,30,31). The van der Waals surface area contributed by atoms with E-state index in [0.29, 0.717) is 6.29 Å². The van der Waals surface area contributed by atoms with Gasteiger partial charge in [0, 0.05) is 11.1 Å². The molecule has 7 heteroatoms. The first-order valence-corrected chi connectivity index (χ1v) is 10.0. The maximum Gasteiger partial charge on any atom is 0.335 e. The van der Waals surface area contributed by atoms with Gasteiger partial charge in [-0.2, -0.15) is 0 Å². The number of carbonyl (C=O) groups excluding carboxylic acids is 2. The third kappa shape index (κ3) is 4.10. The molecule has 31 heavy (non-hydrogen) atoms. The van der Waals surface area contributed by atoms with E-state index in [1.54, 1.807) is 6.07 Å². The van der Waals surface area contributed by atoms with Gasteiger partial charge in [-0.15, -0.1) is 0 Å². The van der Waals surface area contributed by atoms with Crippen LogP contribution in [0.5, 0.6) is 0 Å². The number of nitrogens with one attached hydrogen (secondary N) is 1. The van der Waals surface area contributed by atoms with Crippen molar-refractivity contribution in [1.82, 2.24) is 0 Å². The maximum absolute atomic E-state index is 14.2. The van der Waals surface area contributed by atoms with Crippen molar-refractivity contribution in [3.63, 3.8) is 0 Å². The maximum atomic E-state index is 14.2. The van der Waals surface area contributed by atoms with E-state index in [0.717, 1.165) is 42.2 Å². The summed E-state index contributed by atoms with van der Waals surface area (Å²) in [6, 6.07) is 6.46. The second-order valence-electron chi connectivity index (χ2n) is 9.27. The lowest BCUT2D eigenvalue weighted by Gasteiger charge is -2.43. The Kier molecular flexibility index (Phi) is 5.76. The second-order valence-corrected chi connectivity index (χ2v) is 9.27. The van der Waals surface area contributed by atoms with Crippen molar-refractivity contribution in [2.24, 2.45) is 0 Å². The molecule has 164 valence electrons. The fourth-order valence-corrected chi connectivity index (χ4v) is 4.27. The fourth-order valence-electron chi connectivity index (χ4n) is 4.27. The third-order valence-corrected chi connectivity index (χ3v) is 6.19. The van der Waals surface area contributed by atoms with Crippen molar-refractivity contribution in [3.05, 3.63) is 64.0 Å². The molecule has 3 rings (SSSR count). The number of carboxylic acids is 1. The predicted molar refractivity (Wildman–Crippen MR) is 114 cm³/mol. The van der Waals surface area contributed by atoms with Crippen molar-refractivity contribution in [2.45, 2.75) is 57.5 Å². The number of aromatic carboxylic acids is 1. The number of fused-ring (bicyclic) bond motifs is 1.